The predicted octanol–water partition coefficient (Wildman–Crippen LogP) is 0.180. The van der Waals surface area contributed by atoms with Crippen LogP contribution in [0.5, 0.6) is 0 Å². The molecule has 5 nitrogen and oxygen atoms in total. The average molecular weight is 209 g/mol. The zero-order chi connectivity index (χ0) is 10.8. The van der Waals surface area contributed by atoms with Crippen molar-refractivity contribution in [3.8, 4) is 0 Å². The van der Waals surface area contributed by atoms with Gasteiger partial charge in [-0.1, -0.05) is 0 Å². The first-order chi connectivity index (χ1) is 7.22. The first kappa shape index (κ1) is 10.3. The molecule has 0 aromatic carbocycles. The lowest BCUT2D eigenvalue weighted by Crippen LogP contribution is -2.25. The minimum atomic E-state index is -0.799. The number of nitrogens with zero attached hydrogens (tertiary/aromatic N) is 3. The van der Waals surface area contributed by atoms with Gasteiger partial charge < -0.3 is 5.11 Å². The van der Waals surface area contributed by atoms with E-state index >= 15 is 0 Å². The maximum absolute atomic E-state index is 11.6. The molecule has 0 spiro atoms. The summed E-state index contributed by atoms with van der Waals surface area (Å²) in [6.45, 7) is 2.64. The molecule has 82 valence electrons. The largest absolute Gasteiger partial charge is 0.385 e. The monoisotopic (exact) mass is 209 g/mol. The molecule has 0 aliphatic heterocycles. The summed E-state index contributed by atoms with van der Waals surface area (Å²) in [5.41, 5.74) is 0. The van der Waals surface area contributed by atoms with Crippen LogP contribution < -0.4 is 0 Å². The number of carbonyl (C=O) groups excluding carboxylic acids is 1. The molecule has 1 heterocycles. The van der Waals surface area contributed by atoms with Crippen molar-refractivity contribution in [2.45, 2.75) is 38.8 Å². The summed E-state index contributed by atoms with van der Waals surface area (Å²) in [5, 5.41) is 13.6. The molecular weight excluding hydrogens is 194 g/mol. The molecule has 1 aliphatic rings. The molecule has 15 heavy (non-hydrogen) atoms. The summed E-state index contributed by atoms with van der Waals surface area (Å²) in [5.74, 6) is 0.692. The highest BCUT2D eigenvalue weighted by Gasteiger charge is 2.34. The zero-order valence-corrected chi connectivity index (χ0v) is 8.76. The molecule has 1 aromatic heterocycles. The van der Waals surface area contributed by atoms with E-state index in [1.54, 1.807) is 4.68 Å². The fourth-order valence-electron chi connectivity index (χ4n) is 1.62. The number of hydrogen-bond donors (Lipinski definition) is 1. The van der Waals surface area contributed by atoms with E-state index in [4.69, 9.17) is 0 Å². The van der Waals surface area contributed by atoms with Crippen LogP contribution in [-0.4, -0.2) is 31.8 Å². The molecule has 1 unspecified atom stereocenters. The molecule has 1 aromatic rings. The number of aryl methyl sites for hydroxylation is 1. The molecule has 0 amide bonds. The number of Topliss-reactive ketones (excluding diaryl/α,β-unsaturated/α-hetero) is 1. The SMILES string of the molecule is CCn1ncnc1CC(=O)C(O)C1CC1. The first-order valence-corrected chi connectivity index (χ1v) is 5.29. The van der Waals surface area contributed by atoms with Gasteiger partial charge >= 0.3 is 0 Å². The number of aliphatic hydroxyl groups excluding tert-OH is 1. The molecular formula is C10H15N3O2. The van der Waals surface area contributed by atoms with Crippen LogP contribution in [-0.2, 0) is 17.8 Å². The fourth-order valence-corrected chi connectivity index (χ4v) is 1.62. The number of hydrogen-bond acceptors (Lipinski definition) is 4. The molecule has 1 atom stereocenters. The van der Waals surface area contributed by atoms with E-state index < -0.39 is 6.10 Å². The van der Waals surface area contributed by atoms with E-state index in [0.717, 1.165) is 12.8 Å². The van der Waals surface area contributed by atoms with Gasteiger partial charge in [0, 0.05) is 6.54 Å². The Labute approximate surface area is 88.1 Å². The normalized spacial score (nSPS) is 17.7. The fraction of sp³-hybridized carbons (Fsp3) is 0.700. The summed E-state index contributed by atoms with van der Waals surface area (Å²) in [6.07, 6.45) is 2.76. The van der Waals surface area contributed by atoms with Gasteiger partial charge in [-0.3, -0.25) is 4.79 Å². The number of rotatable bonds is 5. The second-order valence-corrected chi connectivity index (χ2v) is 3.92. The van der Waals surface area contributed by atoms with Crippen LogP contribution in [0.3, 0.4) is 0 Å². The Kier molecular flexibility index (Phi) is 2.81. The highest BCUT2D eigenvalue weighted by molar-refractivity contribution is 5.84. The highest BCUT2D eigenvalue weighted by atomic mass is 16.3. The lowest BCUT2D eigenvalue weighted by molar-refractivity contribution is -0.127. The van der Waals surface area contributed by atoms with Crippen LogP contribution in [0.25, 0.3) is 0 Å². The third-order valence-electron chi connectivity index (χ3n) is 2.73. The molecule has 0 bridgehead atoms. The van der Waals surface area contributed by atoms with Crippen molar-refractivity contribution in [2.24, 2.45) is 5.92 Å². The standard InChI is InChI=1S/C10H15N3O2/c1-2-13-9(11-6-12-13)5-8(14)10(15)7-3-4-7/h6-7,10,15H,2-5H2,1H3. The lowest BCUT2D eigenvalue weighted by Gasteiger charge is -2.07. The Morgan fingerprint density at radius 1 is 1.73 bits per heavy atom. The summed E-state index contributed by atoms with van der Waals surface area (Å²) < 4.78 is 1.68. The summed E-state index contributed by atoms with van der Waals surface area (Å²) >= 11 is 0. The van der Waals surface area contributed by atoms with Crippen molar-refractivity contribution in [3.63, 3.8) is 0 Å². The number of aliphatic hydroxyl groups is 1. The molecule has 1 aliphatic carbocycles. The minimum absolute atomic E-state index is 0.139. The Hall–Kier alpha value is -1.23. The van der Waals surface area contributed by atoms with Gasteiger partial charge in [-0.25, -0.2) is 9.67 Å². The highest BCUT2D eigenvalue weighted by Crippen LogP contribution is 2.33. The van der Waals surface area contributed by atoms with Crippen LogP contribution >= 0.6 is 0 Å². The molecule has 1 N–H and O–H groups in total. The number of carbonyl (C=O) groups is 1. The number of ketones is 1. The van der Waals surface area contributed by atoms with Gasteiger partial charge in [0.1, 0.15) is 18.3 Å². The van der Waals surface area contributed by atoms with Crippen molar-refractivity contribution in [3.05, 3.63) is 12.2 Å². The van der Waals surface area contributed by atoms with Gasteiger partial charge in [0.25, 0.3) is 0 Å². The van der Waals surface area contributed by atoms with E-state index in [2.05, 4.69) is 10.1 Å². The minimum Gasteiger partial charge on any atom is -0.385 e. The van der Waals surface area contributed by atoms with Gasteiger partial charge in [-0.05, 0) is 25.7 Å². The first-order valence-electron chi connectivity index (χ1n) is 5.29. The van der Waals surface area contributed by atoms with Gasteiger partial charge in [0.2, 0.25) is 0 Å². The van der Waals surface area contributed by atoms with Crippen LogP contribution in [0.4, 0.5) is 0 Å². The van der Waals surface area contributed by atoms with Crippen LogP contribution in [0.2, 0.25) is 0 Å². The smallest absolute Gasteiger partial charge is 0.169 e. The Bertz CT molecular complexity index is 357. The Balaban J connectivity index is 1.98. The van der Waals surface area contributed by atoms with Crippen LogP contribution in [0, 0.1) is 5.92 Å². The molecule has 1 fully saturated rings. The molecule has 1 saturated carbocycles. The lowest BCUT2D eigenvalue weighted by atomic mass is 10.1. The topological polar surface area (TPSA) is 68.0 Å². The molecule has 5 heteroatoms. The van der Waals surface area contributed by atoms with Crippen molar-refractivity contribution in [2.75, 3.05) is 0 Å². The van der Waals surface area contributed by atoms with Crippen molar-refractivity contribution in [1.29, 1.82) is 0 Å². The summed E-state index contributed by atoms with van der Waals surface area (Å²) in [6, 6.07) is 0. The zero-order valence-electron chi connectivity index (χ0n) is 8.76. The second-order valence-electron chi connectivity index (χ2n) is 3.92. The number of aromatic nitrogens is 3. The van der Waals surface area contributed by atoms with E-state index in [1.807, 2.05) is 6.92 Å². The van der Waals surface area contributed by atoms with Gasteiger partial charge in [0.15, 0.2) is 5.78 Å². The van der Waals surface area contributed by atoms with Crippen molar-refractivity contribution in [1.82, 2.24) is 14.8 Å². The maximum atomic E-state index is 11.6. The quantitative estimate of drug-likeness (QED) is 0.751. The molecule has 0 radical (unpaired) electrons. The van der Waals surface area contributed by atoms with Crippen LogP contribution in [0.1, 0.15) is 25.6 Å². The van der Waals surface area contributed by atoms with Crippen LogP contribution in [0.15, 0.2) is 6.33 Å². The Morgan fingerprint density at radius 3 is 3.07 bits per heavy atom. The van der Waals surface area contributed by atoms with Gasteiger partial charge in [-0.2, -0.15) is 5.10 Å². The third-order valence-corrected chi connectivity index (χ3v) is 2.73. The molecule has 0 saturated heterocycles. The van der Waals surface area contributed by atoms with Gasteiger partial charge in [-0.15, -0.1) is 0 Å². The summed E-state index contributed by atoms with van der Waals surface area (Å²) in [7, 11) is 0. The van der Waals surface area contributed by atoms with E-state index in [0.29, 0.717) is 12.4 Å². The predicted molar refractivity (Wildman–Crippen MR) is 53.1 cm³/mol. The maximum Gasteiger partial charge on any atom is 0.169 e. The summed E-state index contributed by atoms with van der Waals surface area (Å²) in [4.78, 5) is 15.6. The van der Waals surface area contributed by atoms with Crippen molar-refractivity contribution < 1.29 is 9.90 Å². The average Bonchev–Trinajstić information content (AvgIpc) is 2.99. The Morgan fingerprint density at radius 2 is 2.47 bits per heavy atom. The van der Waals surface area contributed by atoms with Crippen molar-refractivity contribution >= 4 is 5.78 Å². The second kappa shape index (κ2) is 4.10. The van der Waals surface area contributed by atoms with Gasteiger partial charge in [0.05, 0.1) is 6.42 Å². The third kappa shape index (κ3) is 2.23. The molecule has 2 rings (SSSR count). The van der Waals surface area contributed by atoms with E-state index in [-0.39, 0.29) is 18.1 Å². The van der Waals surface area contributed by atoms with E-state index in [1.165, 1.54) is 6.33 Å². The van der Waals surface area contributed by atoms with E-state index in [9.17, 15) is 9.90 Å².